The summed E-state index contributed by atoms with van der Waals surface area (Å²) < 4.78 is 41.7. The molecule has 0 fully saturated rings. The van der Waals surface area contributed by atoms with Gasteiger partial charge in [-0.1, -0.05) is 12.1 Å². The molecule has 0 spiro atoms. The van der Waals surface area contributed by atoms with Gasteiger partial charge in [0.15, 0.2) is 5.78 Å². The van der Waals surface area contributed by atoms with Crippen molar-refractivity contribution >= 4 is 39.2 Å². The Bertz CT molecular complexity index is 1790. The van der Waals surface area contributed by atoms with Gasteiger partial charge in [-0.3, -0.25) is 9.89 Å². The molecule has 0 saturated heterocycles. The molecule has 6 aromatic rings. The summed E-state index contributed by atoms with van der Waals surface area (Å²) in [6.45, 7) is 0. The molecule has 188 valence electrons. The number of carbonyl (C=O) groups is 1. The molecule has 4 aromatic heterocycles. The van der Waals surface area contributed by atoms with Gasteiger partial charge in [0.25, 0.3) is 0 Å². The van der Waals surface area contributed by atoms with Crippen LogP contribution in [0.4, 0.5) is 24.8 Å². The van der Waals surface area contributed by atoms with Gasteiger partial charge in [-0.2, -0.15) is 28.5 Å². The molecule has 0 unspecified atom stereocenters. The lowest BCUT2D eigenvalue weighted by atomic mass is 10.1. The zero-order valence-electron chi connectivity index (χ0n) is 19.4. The molecule has 0 saturated carbocycles. The number of benzene rings is 2. The van der Waals surface area contributed by atoms with Crippen molar-refractivity contribution in [3.63, 3.8) is 0 Å². The van der Waals surface area contributed by atoms with E-state index in [2.05, 4.69) is 40.7 Å². The van der Waals surface area contributed by atoms with Crippen LogP contribution < -0.4 is 5.32 Å². The topological polar surface area (TPSA) is 125 Å². The maximum absolute atomic E-state index is 13.9. The molecule has 0 amide bonds. The van der Waals surface area contributed by atoms with Crippen LogP contribution >= 0.6 is 0 Å². The summed E-state index contributed by atoms with van der Waals surface area (Å²) in [5.41, 5.74) is 1.92. The number of rotatable bonds is 6. The summed E-state index contributed by atoms with van der Waals surface area (Å²) in [7, 11) is 0. The van der Waals surface area contributed by atoms with Crippen LogP contribution in [-0.2, 0) is 12.6 Å². The van der Waals surface area contributed by atoms with E-state index in [1.165, 1.54) is 18.5 Å². The van der Waals surface area contributed by atoms with Crippen molar-refractivity contribution in [2.75, 3.05) is 5.32 Å². The molecule has 12 heteroatoms. The molecule has 4 heterocycles. The van der Waals surface area contributed by atoms with E-state index in [1.807, 2.05) is 0 Å². The van der Waals surface area contributed by atoms with Gasteiger partial charge in [0.2, 0.25) is 5.95 Å². The van der Waals surface area contributed by atoms with E-state index in [0.29, 0.717) is 27.8 Å². The summed E-state index contributed by atoms with van der Waals surface area (Å²) in [6.07, 6.45) is 0.840. The minimum absolute atomic E-state index is 0.00394. The number of nitrogens with zero attached hydrogens (tertiary/aromatic N) is 5. The number of nitrogens with one attached hydrogen (secondary N) is 3. The van der Waals surface area contributed by atoms with Crippen LogP contribution in [0.15, 0.2) is 73.3 Å². The Balaban J connectivity index is 1.35. The first-order chi connectivity index (χ1) is 18.3. The summed E-state index contributed by atoms with van der Waals surface area (Å²) in [5, 5.41) is 18.7. The second-order valence-electron chi connectivity index (χ2n) is 8.59. The van der Waals surface area contributed by atoms with Crippen LogP contribution in [0, 0.1) is 0 Å². The Labute approximate surface area is 212 Å². The number of hydrogen-bond donors (Lipinski definition) is 3. The molecule has 3 N–H and O–H groups in total. The molecule has 38 heavy (non-hydrogen) atoms. The van der Waals surface area contributed by atoms with Crippen molar-refractivity contribution in [2.24, 2.45) is 0 Å². The van der Waals surface area contributed by atoms with Crippen LogP contribution in [-0.4, -0.2) is 41.1 Å². The fraction of sp³-hybridized carbons (Fsp3) is 0.0769. The fourth-order valence-corrected chi connectivity index (χ4v) is 4.15. The van der Waals surface area contributed by atoms with Crippen LogP contribution in [0.1, 0.15) is 21.6 Å². The third kappa shape index (κ3) is 4.54. The van der Waals surface area contributed by atoms with Gasteiger partial charge < -0.3 is 10.3 Å². The number of Topliss-reactive ketones (excluding diaryl/α,β-unsaturated/α-hetero) is 1. The van der Waals surface area contributed by atoms with Gasteiger partial charge in [0.05, 0.1) is 29.3 Å². The molecule has 0 aliphatic rings. The van der Waals surface area contributed by atoms with Gasteiger partial charge in [-0.25, -0.2) is 9.97 Å². The number of H-pyrrole nitrogens is 2. The predicted molar refractivity (Wildman–Crippen MR) is 134 cm³/mol. The van der Waals surface area contributed by atoms with E-state index in [1.54, 1.807) is 48.7 Å². The summed E-state index contributed by atoms with van der Waals surface area (Å²) in [5.74, 6) is -0.181. The SMILES string of the molecule is O=C(Cc1ccnnc1)c1cc2ccc(-c3nc(Nc4ccc5[nH]ncc5c4)ncc3C(F)(F)F)cc2[nH]1. The Hall–Kier alpha value is -5.13. The molecular weight excluding hydrogens is 497 g/mol. The van der Waals surface area contributed by atoms with E-state index in [-0.39, 0.29) is 29.4 Å². The second-order valence-corrected chi connectivity index (χ2v) is 8.59. The lowest BCUT2D eigenvalue weighted by molar-refractivity contribution is -0.137. The van der Waals surface area contributed by atoms with Crippen LogP contribution in [0.2, 0.25) is 0 Å². The largest absolute Gasteiger partial charge is 0.419 e. The number of hydrogen-bond acceptors (Lipinski definition) is 7. The van der Waals surface area contributed by atoms with Crippen molar-refractivity contribution in [3.8, 4) is 11.3 Å². The molecular formula is C26H17F3N8O. The standard InChI is InChI=1S/C26H17F3N8O/c27-26(28,29)19-13-30-25(34-18-3-4-20-17(8-18)12-33-37-20)36-24(19)16-2-1-15-9-22(35-21(15)10-16)23(38)7-14-5-6-31-32-11-14/h1-6,8-13,35H,7H2,(H,33,37)(H,30,34,36). The number of ketones is 1. The van der Waals surface area contributed by atoms with Crippen molar-refractivity contribution in [1.29, 1.82) is 0 Å². The molecule has 0 aliphatic heterocycles. The Morgan fingerprint density at radius 1 is 0.921 bits per heavy atom. The monoisotopic (exact) mass is 514 g/mol. The smallest absolute Gasteiger partial charge is 0.352 e. The first-order valence-electron chi connectivity index (χ1n) is 11.4. The number of fused-ring (bicyclic) bond motifs is 2. The molecule has 6 rings (SSSR count). The third-order valence-electron chi connectivity index (χ3n) is 6.00. The number of carbonyl (C=O) groups excluding carboxylic acids is 1. The Morgan fingerprint density at radius 2 is 1.82 bits per heavy atom. The lowest BCUT2D eigenvalue weighted by Crippen LogP contribution is -2.11. The van der Waals surface area contributed by atoms with Crippen LogP contribution in [0.25, 0.3) is 33.1 Å². The number of anilines is 2. The fourth-order valence-electron chi connectivity index (χ4n) is 4.15. The molecule has 0 bridgehead atoms. The minimum Gasteiger partial charge on any atom is -0.352 e. The van der Waals surface area contributed by atoms with Gasteiger partial charge in [-0.15, -0.1) is 0 Å². The number of aromatic amines is 2. The highest BCUT2D eigenvalue weighted by Gasteiger charge is 2.35. The highest BCUT2D eigenvalue weighted by molar-refractivity contribution is 6.01. The number of alkyl halides is 3. The Morgan fingerprint density at radius 3 is 2.63 bits per heavy atom. The highest BCUT2D eigenvalue weighted by Crippen LogP contribution is 2.37. The van der Waals surface area contributed by atoms with E-state index in [9.17, 15) is 18.0 Å². The first kappa shape index (κ1) is 23.3. The normalized spacial score (nSPS) is 11.8. The summed E-state index contributed by atoms with van der Waals surface area (Å²) in [6, 6.07) is 13.4. The molecule has 2 aromatic carbocycles. The van der Waals surface area contributed by atoms with Gasteiger partial charge in [0.1, 0.15) is 5.56 Å². The van der Waals surface area contributed by atoms with Crippen molar-refractivity contribution in [1.82, 2.24) is 35.3 Å². The maximum Gasteiger partial charge on any atom is 0.419 e. The van der Waals surface area contributed by atoms with E-state index in [4.69, 9.17) is 0 Å². The second kappa shape index (κ2) is 9.07. The molecule has 0 atom stereocenters. The van der Waals surface area contributed by atoms with Crippen LogP contribution in [0.5, 0.6) is 0 Å². The van der Waals surface area contributed by atoms with E-state index < -0.39 is 11.7 Å². The zero-order chi connectivity index (χ0) is 26.3. The summed E-state index contributed by atoms with van der Waals surface area (Å²) in [4.78, 5) is 23.9. The number of halogens is 3. The van der Waals surface area contributed by atoms with Crippen LogP contribution in [0.3, 0.4) is 0 Å². The molecule has 9 nitrogen and oxygen atoms in total. The Kier molecular flexibility index (Phi) is 5.56. The maximum atomic E-state index is 13.9. The zero-order valence-corrected chi connectivity index (χ0v) is 19.4. The predicted octanol–water partition coefficient (Wildman–Crippen LogP) is 5.48. The average molecular weight is 514 g/mol. The quantitative estimate of drug-likeness (QED) is 0.251. The van der Waals surface area contributed by atoms with E-state index in [0.717, 1.165) is 17.1 Å². The molecule has 0 radical (unpaired) electrons. The van der Waals surface area contributed by atoms with Gasteiger partial charge in [-0.05, 0) is 42.0 Å². The lowest BCUT2D eigenvalue weighted by Gasteiger charge is -2.14. The third-order valence-corrected chi connectivity index (χ3v) is 6.00. The summed E-state index contributed by atoms with van der Waals surface area (Å²) >= 11 is 0. The average Bonchev–Trinajstić information content (AvgIpc) is 3.55. The molecule has 0 aliphatic carbocycles. The minimum atomic E-state index is -4.67. The van der Waals surface area contributed by atoms with Crippen molar-refractivity contribution < 1.29 is 18.0 Å². The van der Waals surface area contributed by atoms with Gasteiger partial charge >= 0.3 is 6.18 Å². The first-order valence-corrected chi connectivity index (χ1v) is 11.4. The van der Waals surface area contributed by atoms with E-state index >= 15 is 0 Å². The van der Waals surface area contributed by atoms with Crippen molar-refractivity contribution in [3.05, 3.63) is 90.1 Å². The highest BCUT2D eigenvalue weighted by atomic mass is 19.4. The van der Waals surface area contributed by atoms with Crippen molar-refractivity contribution in [2.45, 2.75) is 12.6 Å². The van der Waals surface area contributed by atoms with Gasteiger partial charge in [0, 0.05) is 46.4 Å². The number of aromatic nitrogens is 7.